The fraction of sp³-hybridized carbons (Fsp3) is 0.588. The molecular weight excluding hydrogens is 292 g/mol. The van der Waals surface area contributed by atoms with Crippen LogP contribution in [-0.2, 0) is 17.8 Å². The summed E-state index contributed by atoms with van der Waals surface area (Å²) >= 11 is 0. The lowest BCUT2D eigenvalue weighted by Gasteiger charge is -2.27. The zero-order chi connectivity index (χ0) is 16.3. The predicted molar refractivity (Wildman–Crippen MR) is 92.4 cm³/mol. The summed E-state index contributed by atoms with van der Waals surface area (Å²) in [6, 6.07) is 8.45. The second kappa shape index (κ2) is 10.2. The maximum atomic E-state index is 8.93. The molecule has 0 aromatic heterocycles. The first kappa shape index (κ1) is 17.7. The molecule has 128 valence electrons. The highest BCUT2D eigenvalue weighted by Gasteiger charge is 2.12. The van der Waals surface area contributed by atoms with Gasteiger partial charge < -0.3 is 20.5 Å². The number of hydrogen-bond donors (Lipinski definition) is 3. The minimum absolute atomic E-state index is 0.0953. The summed E-state index contributed by atoms with van der Waals surface area (Å²) in [7, 11) is 0. The Morgan fingerprint density at radius 3 is 2.65 bits per heavy atom. The summed E-state index contributed by atoms with van der Waals surface area (Å²) in [6.07, 6.45) is 0. The molecule has 0 aliphatic carbocycles. The average molecular weight is 320 g/mol. The van der Waals surface area contributed by atoms with Crippen molar-refractivity contribution in [1.29, 1.82) is 0 Å². The van der Waals surface area contributed by atoms with Gasteiger partial charge in [-0.25, -0.2) is 4.99 Å². The second-order valence-electron chi connectivity index (χ2n) is 5.50. The van der Waals surface area contributed by atoms with Crippen LogP contribution in [0.3, 0.4) is 0 Å². The number of ether oxygens (including phenoxy) is 1. The van der Waals surface area contributed by atoms with E-state index in [-0.39, 0.29) is 6.61 Å². The Balaban J connectivity index is 2.00. The quantitative estimate of drug-likeness (QED) is 0.506. The van der Waals surface area contributed by atoms with E-state index in [4.69, 9.17) is 9.84 Å². The van der Waals surface area contributed by atoms with Crippen LogP contribution >= 0.6 is 0 Å². The van der Waals surface area contributed by atoms with Crippen molar-refractivity contribution in [3.8, 4) is 0 Å². The zero-order valence-corrected chi connectivity index (χ0v) is 13.9. The molecule has 0 radical (unpaired) electrons. The number of benzene rings is 1. The second-order valence-corrected chi connectivity index (χ2v) is 5.50. The van der Waals surface area contributed by atoms with Crippen LogP contribution in [0.2, 0.25) is 0 Å². The molecule has 23 heavy (non-hydrogen) atoms. The van der Waals surface area contributed by atoms with Gasteiger partial charge in [0.15, 0.2) is 5.96 Å². The van der Waals surface area contributed by atoms with E-state index in [1.807, 2.05) is 6.92 Å². The van der Waals surface area contributed by atoms with Crippen molar-refractivity contribution in [3.05, 3.63) is 35.4 Å². The molecular formula is C17H28N4O2. The van der Waals surface area contributed by atoms with Crippen LogP contribution < -0.4 is 10.6 Å². The van der Waals surface area contributed by atoms with E-state index in [1.165, 1.54) is 11.1 Å². The summed E-state index contributed by atoms with van der Waals surface area (Å²) in [4.78, 5) is 7.03. The van der Waals surface area contributed by atoms with Crippen LogP contribution in [0.25, 0.3) is 0 Å². The van der Waals surface area contributed by atoms with Crippen molar-refractivity contribution in [2.24, 2.45) is 4.99 Å². The number of hydrogen-bond acceptors (Lipinski definition) is 4. The molecule has 6 heteroatoms. The molecule has 2 rings (SSSR count). The van der Waals surface area contributed by atoms with Gasteiger partial charge in [0, 0.05) is 32.7 Å². The van der Waals surface area contributed by atoms with Crippen LogP contribution in [0.4, 0.5) is 0 Å². The molecule has 0 spiro atoms. The smallest absolute Gasteiger partial charge is 0.191 e. The van der Waals surface area contributed by atoms with E-state index in [0.29, 0.717) is 13.1 Å². The molecule has 1 fully saturated rings. The number of nitrogens with zero attached hydrogens (tertiary/aromatic N) is 2. The van der Waals surface area contributed by atoms with Crippen molar-refractivity contribution in [3.63, 3.8) is 0 Å². The van der Waals surface area contributed by atoms with Gasteiger partial charge in [0.25, 0.3) is 0 Å². The average Bonchev–Trinajstić information content (AvgIpc) is 2.59. The molecule has 1 aromatic carbocycles. The lowest BCUT2D eigenvalue weighted by molar-refractivity contribution is 0.0341. The Bertz CT molecular complexity index is 487. The third-order valence-corrected chi connectivity index (χ3v) is 3.77. The van der Waals surface area contributed by atoms with Crippen LogP contribution in [0.1, 0.15) is 18.1 Å². The van der Waals surface area contributed by atoms with Crippen LogP contribution in [0.5, 0.6) is 0 Å². The summed E-state index contributed by atoms with van der Waals surface area (Å²) in [5, 5.41) is 15.2. The van der Waals surface area contributed by atoms with Gasteiger partial charge in [0.05, 0.1) is 26.4 Å². The highest BCUT2D eigenvalue weighted by molar-refractivity contribution is 5.79. The molecule has 1 aliphatic heterocycles. The van der Waals surface area contributed by atoms with Crippen molar-refractivity contribution in [2.75, 3.05) is 46.0 Å². The van der Waals surface area contributed by atoms with Crippen molar-refractivity contribution >= 4 is 5.96 Å². The number of guanidine groups is 1. The highest BCUT2D eigenvalue weighted by atomic mass is 16.5. The van der Waals surface area contributed by atoms with Gasteiger partial charge in [0.2, 0.25) is 0 Å². The zero-order valence-electron chi connectivity index (χ0n) is 13.9. The Kier molecular flexibility index (Phi) is 7.86. The van der Waals surface area contributed by atoms with E-state index in [2.05, 4.69) is 44.8 Å². The normalized spacial score (nSPS) is 16.3. The Hall–Kier alpha value is -1.63. The van der Waals surface area contributed by atoms with E-state index in [9.17, 15) is 0 Å². The predicted octanol–water partition coefficient (Wildman–Crippen LogP) is 0.566. The lowest BCUT2D eigenvalue weighted by atomic mass is 10.1. The SMILES string of the molecule is CCNC(=NCc1ccccc1CN1CCOCC1)NCCO. The number of rotatable bonds is 7. The summed E-state index contributed by atoms with van der Waals surface area (Å²) in [6.45, 7) is 8.59. The lowest BCUT2D eigenvalue weighted by Crippen LogP contribution is -2.38. The van der Waals surface area contributed by atoms with Crippen molar-refractivity contribution in [2.45, 2.75) is 20.0 Å². The fourth-order valence-electron chi connectivity index (χ4n) is 2.55. The van der Waals surface area contributed by atoms with E-state index >= 15 is 0 Å². The molecule has 3 N–H and O–H groups in total. The first-order valence-corrected chi connectivity index (χ1v) is 8.33. The number of aliphatic hydroxyl groups excluding tert-OH is 1. The van der Waals surface area contributed by atoms with E-state index in [1.54, 1.807) is 0 Å². The maximum Gasteiger partial charge on any atom is 0.191 e. The van der Waals surface area contributed by atoms with Crippen molar-refractivity contribution < 1.29 is 9.84 Å². The van der Waals surface area contributed by atoms with Crippen LogP contribution in [-0.4, -0.2) is 62.0 Å². The number of aliphatic hydroxyl groups is 1. The van der Waals surface area contributed by atoms with Gasteiger partial charge in [-0.15, -0.1) is 0 Å². The number of aliphatic imine (C=N–C) groups is 1. The third-order valence-electron chi connectivity index (χ3n) is 3.77. The van der Waals surface area contributed by atoms with Crippen LogP contribution in [0, 0.1) is 0 Å². The van der Waals surface area contributed by atoms with Crippen molar-refractivity contribution in [1.82, 2.24) is 15.5 Å². The first-order chi connectivity index (χ1) is 11.3. The Labute approximate surface area is 138 Å². The molecule has 1 saturated heterocycles. The third kappa shape index (κ3) is 6.17. The first-order valence-electron chi connectivity index (χ1n) is 8.33. The van der Waals surface area contributed by atoms with Gasteiger partial charge in [-0.2, -0.15) is 0 Å². The molecule has 0 unspecified atom stereocenters. The summed E-state index contributed by atoms with van der Waals surface area (Å²) in [5.41, 5.74) is 2.55. The molecule has 1 aromatic rings. The largest absolute Gasteiger partial charge is 0.395 e. The number of nitrogens with one attached hydrogen (secondary N) is 2. The van der Waals surface area contributed by atoms with E-state index < -0.39 is 0 Å². The van der Waals surface area contributed by atoms with Gasteiger partial charge in [-0.3, -0.25) is 4.90 Å². The Morgan fingerprint density at radius 2 is 1.96 bits per heavy atom. The van der Waals surface area contributed by atoms with E-state index in [0.717, 1.165) is 45.4 Å². The topological polar surface area (TPSA) is 69.1 Å². The molecule has 1 aliphatic rings. The monoisotopic (exact) mass is 320 g/mol. The van der Waals surface area contributed by atoms with Gasteiger partial charge in [-0.1, -0.05) is 24.3 Å². The minimum Gasteiger partial charge on any atom is -0.395 e. The highest BCUT2D eigenvalue weighted by Crippen LogP contribution is 2.14. The standard InChI is InChI=1S/C17H28N4O2/c1-2-18-17(19-7-10-22)20-13-15-5-3-4-6-16(15)14-21-8-11-23-12-9-21/h3-6,22H,2,7-14H2,1H3,(H2,18,19,20). The maximum absolute atomic E-state index is 8.93. The minimum atomic E-state index is 0.0953. The van der Waals surface area contributed by atoms with Gasteiger partial charge in [-0.05, 0) is 18.1 Å². The molecule has 0 bridgehead atoms. The van der Waals surface area contributed by atoms with Gasteiger partial charge in [0.1, 0.15) is 0 Å². The Morgan fingerprint density at radius 1 is 1.22 bits per heavy atom. The molecule has 6 nitrogen and oxygen atoms in total. The molecule has 0 atom stereocenters. The molecule has 0 saturated carbocycles. The number of morpholine rings is 1. The van der Waals surface area contributed by atoms with Gasteiger partial charge >= 0.3 is 0 Å². The summed E-state index contributed by atoms with van der Waals surface area (Å²) < 4.78 is 5.41. The fourth-order valence-corrected chi connectivity index (χ4v) is 2.55. The van der Waals surface area contributed by atoms with Crippen LogP contribution in [0.15, 0.2) is 29.3 Å². The summed E-state index contributed by atoms with van der Waals surface area (Å²) in [5.74, 6) is 0.739. The molecule has 1 heterocycles. The molecule has 0 amide bonds.